The van der Waals surface area contributed by atoms with Crippen LogP contribution in [-0.4, -0.2) is 72.2 Å². The molecule has 2 heterocycles. The average molecular weight is 488 g/mol. The first-order chi connectivity index (χ1) is 16.8. The van der Waals surface area contributed by atoms with E-state index in [9.17, 15) is 18.7 Å². The Morgan fingerprint density at radius 3 is 2.74 bits per heavy atom. The number of hydrogen-bond donors (Lipinski definition) is 2. The highest BCUT2D eigenvalue weighted by Crippen LogP contribution is 2.25. The third-order valence-electron chi connectivity index (χ3n) is 6.59. The van der Waals surface area contributed by atoms with Crippen LogP contribution in [0.4, 0.5) is 8.78 Å². The lowest BCUT2D eigenvalue weighted by molar-refractivity contribution is 0.0111. The van der Waals surface area contributed by atoms with E-state index in [4.69, 9.17) is 4.74 Å². The zero-order chi connectivity index (χ0) is 24.8. The van der Waals surface area contributed by atoms with Crippen LogP contribution in [-0.2, 0) is 19.5 Å². The van der Waals surface area contributed by atoms with Crippen LogP contribution in [0.2, 0.25) is 0 Å². The van der Waals surface area contributed by atoms with Crippen LogP contribution >= 0.6 is 0 Å². The van der Waals surface area contributed by atoms with Gasteiger partial charge in [0.1, 0.15) is 12.4 Å². The largest absolute Gasteiger partial charge is 0.491 e. The summed E-state index contributed by atoms with van der Waals surface area (Å²) in [6.45, 7) is 5.18. The summed E-state index contributed by atoms with van der Waals surface area (Å²) in [7, 11) is 0. The Bertz CT molecular complexity index is 1010. The van der Waals surface area contributed by atoms with Gasteiger partial charge >= 0.3 is 0 Å². The number of amides is 1. The van der Waals surface area contributed by atoms with Crippen LogP contribution in [0.1, 0.15) is 46.8 Å². The molecule has 0 fully saturated rings. The van der Waals surface area contributed by atoms with E-state index in [1.165, 1.54) is 11.1 Å². The van der Waals surface area contributed by atoms with Crippen molar-refractivity contribution in [2.24, 2.45) is 0 Å². The standard InChI is InChI=1S/C27H35F2N3O3/c1-27(28,29)10-4-11-30-16-20-7-8-24-25(15-20)35-14-13-32(26(24)34)19-23(33)18-31-12-9-21-5-2-3-6-22(21)17-31/h2-3,5-8,15,23,30,33H,4,9-14,16-19H2,1H3. The molecule has 2 aliphatic heterocycles. The molecule has 0 saturated heterocycles. The number of nitrogens with zero attached hydrogens (tertiary/aromatic N) is 2. The van der Waals surface area contributed by atoms with Crippen LogP contribution in [0.3, 0.4) is 0 Å². The number of fused-ring (bicyclic) bond motifs is 2. The number of benzene rings is 2. The molecule has 1 atom stereocenters. The number of alkyl halides is 2. The first-order valence-electron chi connectivity index (χ1n) is 12.4. The summed E-state index contributed by atoms with van der Waals surface area (Å²) in [4.78, 5) is 17.1. The molecule has 2 aliphatic rings. The molecule has 0 radical (unpaired) electrons. The van der Waals surface area contributed by atoms with E-state index in [0.717, 1.165) is 32.0 Å². The predicted octanol–water partition coefficient (Wildman–Crippen LogP) is 3.47. The van der Waals surface area contributed by atoms with Crippen molar-refractivity contribution in [2.75, 3.05) is 39.3 Å². The monoisotopic (exact) mass is 487 g/mol. The molecule has 1 unspecified atom stereocenters. The Labute approximate surface area is 205 Å². The van der Waals surface area contributed by atoms with E-state index in [0.29, 0.717) is 50.5 Å². The molecule has 190 valence electrons. The zero-order valence-electron chi connectivity index (χ0n) is 20.3. The topological polar surface area (TPSA) is 65.0 Å². The summed E-state index contributed by atoms with van der Waals surface area (Å²) in [5, 5.41) is 13.9. The van der Waals surface area contributed by atoms with E-state index in [1.807, 2.05) is 18.2 Å². The van der Waals surface area contributed by atoms with Gasteiger partial charge in [-0.15, -0.1) is 0 Å². The third-order valence-corrected chi connectivity index (χ3v) is 6.59. The van der Waals surface area contributed by atoms with Crippen LogP contribution in [0.25, 0.3) is 0 Å². The number of hydrogen-bond acceptors (Lipinski definition) is 5. The molecule has 0 saturated carbocycles. The van der Waals surface area contributed by atoms with Gasteiger partial charge < -0.3 is 20.1 Å². The van der Waals surface area contributed by atoms with Crippen molar-refractivity contribution < 1.29 is 23.4 Å². The highest BCUT2D eigenvalue weighted by Gasteiger charge is 2.27. The molecule has 0 spiro atoms. The fraction of sp³-hybridized carbons (Fsp3) is 0.519. The number of carbonyl (C=O) groups excluding carboxylic acids is 1. The van der Waals surface area contributed by atoms with E-state index in [1.54, 1.807) is 11.0 Å². The SMILES string of the molecule is CC(F)(F)CCCNCc1ccc2c(c1)OCCN(CC(O)CN1CCc3ccccc3C1)C2=O. The van der Waals surface area contributed by atoms with Crippen LogP contribution in [0, 0.1) is 0 Å². The number of aliphatic hydroxyl groups is 1. The second kappa shape index (κ2) is 11.5. The van der Waals surface area contributed by atoms with Gasteiger partial charge in [-0.1, -0.05) is 30.3 Å². The van der Waals surface area contributed by atoms with Gasteiger partial charge in [0, 0.05) is 39.1 Å². The van der Waals surface area contributed by atoms with Gasteiger partial charge in [-0.2, -0.15) is 0 Å². The Kier molecular flexibility index (Phi) is 8.36. The van der Waals surface area contributed by atoms with Gasteiger partial charge in [0.05, 0.1) is 18.2 Å². The number of halogens is 2. The number of aliphatic hydroxyl groups excluding tert-OH is 1. The van der Waals surface area contributed by atoms with E-state index < -0.39 is 12.0 Å². The van der Waals surface area contributed by atoms with Crippen molar-refractivity contribution in [1.82, 2.24) is 15.1 Å². The number of rotatable bonds is 10. The maximum absolute atomic E-state index is 13.2. The van der Waals surface area contributed by atoms with Crippen molar-refractivity contribution in [3.8, 4) is 5.75 Å². The fourth-order valence-electron chi connectivity index (χ4n) is 4.76. The van der Waals surface area contributed by atoms with Gasteiger partial charge in [0.2, 0.25) is 5.92 Å². The van der Waals surface area contributed by atoms with Crippen LogP contribution < -0.4 is 10.1 Å². The molecular formula is C27H35F2N3O3. The van der Waals surface area contributed by atoms with E-state index in [-0.39, 0.29) is 18.9 Å². The molecule has 0 aliphatic carbocycles. The Hall–Kier alpha value is -2.55. The Morgan fingerprint density at radius 1 is 1.14 bits per heavy atom. The summed E-state index contributed by atoms with van der Waals surface area (Å²) in [6.07, 6.45) is 0.568. The number of β-amino-alcohol motifs (C(OH)–C–C–N with tert-alkyl or cyclic N) is 1. The lowest BCUT2D eigenvalue weighted by Gasteiger charge is -2.32. The number of carbonyl (C=O) groups is 1. The van der Waals surface area contributed by atoms with Gasteiger partial charge in [0.15, 0.2) is 0 Å². The number of nitrogens with one attached hydrogen (secondary N) is 1. The molecule has 1 amide bonds. The number of ether oxygens (including phenoxy) is 1. The molecule has 0 aromatic heterocycles. The minimum absolute atomic E-state index is 0.144. The maximum atomic E-state index is 13.2. The summed E-state index contributed by atoms with van der Waals surface area (Å²) < 4.78 is 31.7. The van der Waals surface area contributed by atoms with Crippen LogP contribution in [0.5, 0.6) is 5.75 Å². The molecule has 2 N–H and O–H groups in total. The Balaban J connectivity index is 1.29. The van der Waals surface area contributed by atoms with Gasteiger partial charge in [-0.05, 0) is 55.1 Å². The maximum Gasteiger partial charge on any atom is 0.257 e. The molecule has 6 nitrogen and oxygen atoms in total. The molecule has 0 bridgehead atoms. The first-order valence-corrected chi connectivity index (χ1v) is 12.4. The quantitative estimate of drug-likeness (QED) is 0.503. The highest BCUT2D eigenvalue weighted by molar-refractivity contribution is 5.97. The molecular weight excluding hydrogens is 452 g/mol. The average Bonchev–Trinajstić information content (AvgIpc) is 2.96. The van der Waals surface area contributed by atoms with Gasteiger partial charge in [0.25, 0.3) is 5.91 Å². The highest BCUT2D eigenvalue weighted by atomic mass is 19.3. The summed E-state index contributed by atoms with van der Waals surface area (Å²) in [6, 6.07) is 13.8. The van der Waals surface area contributed by atoms with Gasteiger partial charge in [-0.3, -0.25) is 9.69 Å². The Morgan fingerprint density at radius 2 is 1.94 bits per heavy atom. The predicted molar refractivity (Wildman–Crippen MR) is 131 cm³/mol. The van der Waals surface area contributed by atoms with Crippen molar-refractivity contribution in [3.63, 3.8) is 0 Å². The van der Waals surface area contributed by atoms with Gasteiger partial charge in [-0.25, -0.2) is 8.78 Å². The molecule has 2 aromatic carbocycles. The molecule has 4 rings (SSSR count). The smallest absolute Gasteiger partial charge is 0.257 e. The third kappa shape index (κ3) is 7.22. The van der Waals surface area contributed by atoms with Crippen LogP contribution in [0.15, 0.2) is 42.5 Å². The second-order valence-corrected chi connectivity index (χ2v) is 9.69. The summed E-state index contributed by atoms with van der Waals surface area (Å²) in [5.74, 6) is -2.26. The second-order valence-electron chi connectivity index (χ2n) is 9.69. The minimum atomic E-state index is -2.64. The zero-order valence-corrected chi connectivity index (χ0v) is 20.3. The summed E-state index contributed by atoms with van der Waals surface area (Å²) >= 11 is 0. The van der Waals surface area contributed by atoms with Crippen molar-refractivity contribution >= 4 is 5.91 Å². The molecule has 8 heteroatoms. The molecule has 35 heavy (non-hydrogen) atoms. The van der Waals surface area contributed by atoms with E-state index in [2.05, 4.69) is 28.4 Å². The molecule has 2 aromatic rings. The first kappa shape index (κ1) is 25.5. The van der Waals surface area contributed by atoms with Crippen molar-refractivity contribution in [2.45, 2.75) is 51.3 Å². The van der Waals surface area contributed by atoms with Crippen molar-refractivity contribution in [3.05, 3.63) is 64.7 Å². The minimum Gasteiger partial charge on any atom is -0.491 e. The lowest BCUT2D eigenvalue weighted by Crippen LogP contribution is -2.44. The van der Waals surface area contributed by atoms with Crippen molar-refractivity contribution in [1.29, 1.82) is 0 Å². The normalized spacial score (nSPS) is 17.4. The lowest BCUT2D eigenvalue weighted by atomic mass is 10.00. The summed E-state index contributed by atoms with van der Waals surface area (Å²) in [5.41, 5.74) is 4.08. The fourth-order valence-corrected chi connectivity index (χ4v) is 4.76. The van der Waals surface area contributed by atoms with E-state index >= 15 is 0 Å².